The Morgan fingerprint density at radius 2 is 1.21 bits per heavy atom. The van der Waals surface area contributed by atoms with Gasteiger partial charge in [-0.15, -0.1) is 0 Å². The highest BCUT2D eigenvalue weighted by Crippen LogP contribution is 2.32. The predicted molar refractivity (Wildman–Crippen MR) is 262 cm³/mol. The highest BCUT2D eigenvalue weighted by atomic mass is 16.7. The number of nitrogens with two attached hydrogens (primary N) is 1. The van der Waals surface area contributed by atoms with Crippen LogP contribution in [0.3, 0.4) is 0 Å². The molecule has 1 aromatic heterocycles. The average Bonchev–Trinajstić information content (AvgIpc) is 3.81. The molecule has 0 aliphatic carbocycles. The third-order valence-corrected chi connectivity index (χ3v) is 10.6. The van der Waals surface area contributed by atoms with E-state index in [0.717, 1.165) is 17.5 Å². The quantitative estimate of drug-likeness (QED) is 0.0638. The van der Waals surface area contributed by atoms with Gasteiger partial charge in [-0.25, -0.2) is 20.0 Å². The van der Waals surface area contributed by atoms with Crippen LogP contribution in [0.4, 0.5) is 5.69 Å². The molecule has 72 heavy (non-hydrogen) atoms. The Morgan fingerprint density at radius 3 is 1.69 bits per heavy atom. The second-order valence-electron chi connectivity index (χ2n) is 16.1. The van der Waals surface area contributed by atoms with E-state index in [-0.39, 0.29) is 50.2 Å². The number of amidine groups is 1. The van der Waals surface area contributed by atoms with Crippen LogP contribution in [0, 0.1) is 0 Å². The maximum atomic E-state index is 13.5. The van der Waals surface area contributed by atoms with Gasteiger partial charge in [0.25, 0.3) is 11.8 Å². The molecule has 1 fully saturated rings. The van der Waals surface area contributed by atoms with Crippen molar-refractivity contribution in [2.75, 3.05) is 158 Å². The summed E-state index contributed by atoms with van der Waals surface area (Å²) in [6, 6.07) is 4.92. The fourth-order valence-corrected chi connectivity index (χ4v) is 7.05. The van der Waals surface area contributed by atoms with Crippen molar-refractivity contribution >= 4 is 41.3 Å². The van der Waals surface area contributed by atoms with Crippen molar-refractivity contribution in [3.8, 4) is 11.1 Å². The number of carboxylic acid groups (broad SMARTS) is 1. The first-order chi connectivity index (χ1) is 35.2. The van der Waals surface area contributed by atoms with Crippen LogP contribution in [-0.4, -0.2) is 219 Å². The first-order valence-corrected chi connectivity index (χ1v) is 24.7. The molecule has 0 unspecified atom stereocenters. The number of amides is 3. The number of nitrogens with zero attached hydrogens (tertiary/aromatic N) is 5. The van der Waals surface area contributed by atoms with E-state index in [1.807, 2.05) is 32.0 Å². The molecule has 0 radical (unpaired) electrons. The van der Waals surface area contributed by atoms with Crippen LogP contribution < -0.4 is 11.1 Å². The Labute approximate surface area is 421 Å². The average molecular weight is 1020 g/mol. The van der Waals surface area contributed by atoms with Crippen LogP contribution in [0.2, 0.25) is 0 Å². The number of hydroxylamine groups is 2. The molecule has 23 heteroatoms. The Hall–Kier alpha value is -5.05. The maximum absolute atomic E-state index is 13.5. The second-order valence-corrected chi connectivity index (χ2v) is 16.1. The van der Waals surface area contributed by atoms with Gasteiger partial charge in [-0.1, -0.05) is 19.1 Å². The van der Waals surface area contributed by atoms with Crippen molar-refractivity contribution in [2.45, 2.75) is 52.0 Å². The monoisotopic (exact) mass is 1020 g/mol. The third kappa shape index (κ3) is 23.7. The lowest BCUT2D eigenvalue weighted by molar-refractivity contribution is -0.180. The van der Waals surface area contributed by atoms with Crippen molar-refractivity contribution in [1.29, 1.82) is 0 Å². The minimum absolute atomic E-state index is 0.00760. The predicted octanol–water partition coefficient (Wildman–Crippen LogP) is 2.47. The van der Waals surface area contributed by atoms with Gasteiger partial charge in [-0.05, 0) is 43.9 Å². The number of aliphatic imine (C=N–C) groups is 1. The molecule has 3 amide bonds. The van der Waals surface area contributed by atoms with Gasteiger partial charge >= 0.3 is 5.97 Å². The first-order valence-electron chi connectivity index (χ1n) is 24.7. The van der Waals surface area contributed by atoms with E-state index in [4.69, 9.17) is 63.0 Å². The molecular formula is C49H75N7O16. The molecule has 0 spiro atoms. The second kappa shape index (κ2) is 36.8. The number of hydrogen-bond donors (Lipinski definition) is 3. The van der Waals surface area contributed by atoms with Gasteiger partial charge in [0.1, 0.15) is 11.9 Å². The number of ether oxygens (including phenoxy) is 10. The van der Waals surface area contributed by atoms with E-state index < -0.39 is 17.9 Å². The summed E-state index contributed by atoms with van der Waals surface area (Å²) < 4.78 is 54.5. The smallest absolute Gasteiger partial charge is 0.305 e. The Kier molecular flexibility index (Phi) is 30.4. The van der Waals surface area contributed by atoms with E-state index in [2.05, 4.69) is 20.3 Å². The van der Waals surface area contributed by atoms with Crippen LogP contribution in [0.5, 0.6) is 0 Å². The summed E-state index contributed by atoms with van der Waals surface area (Å²) in [6.07, 6.45) is 7.04. The number of likely N-dealkylation sites (tertiary alicyclic amines) is 1. The van der Waals surface area contributed by atoms with E-state index >= 15 is 0 Å². The number of carboxylic acids is 1. The largest absolute Gasteiger partial charge is 0.481 e. The number of carbonyl (C=O) groups is 4. The van der Waals surface area contributed by atoms with E-state index in [9.17, 15) is 19.2 Å². The van der Waals surface area contributed by atoms with Gasteiger partial charge in [0.2, 0.25) is 11.7 Å². The molecule has 2 aliphatic rings. The Morgan fingerprint density at radius 1 is 0.708 bits per heavy atom. The number of aromatic nitrogens is 2. The lowest BCUT2D eigenvalue weighted by Crippen LogP contribution is -2.47. The van der Waals surface area contributed by atoms with Gasteiger partial charge in [-0.2, -0.15) is 0 Å². The van der Waals surface area contributed by atoms with Crippen LogP contribution in [0.1, 0.15) is 62.1 Å². The molecule has 0 saturated carbocycles. The minimum atomic E-state index is -0.886. The van der Waals surface area contributed by atoms with E-state index in [1.165, 1.54) is 9.96 Å². The molecule has 1 saturated heterocycles. The molecule has 0 bridgehead atoms. The summed E-state index contributed by atoms with van der Waals surface area (Å²) in [7, 11) is 0. The topological polar surface area (TPSA) is 273 Å². The Bertz CT molecular complexity index is 1940. The number of fused-ring (bicyclic) bond motifs is 1. The first kappa shape index (κ1) is 59.5. The summed E-state index contributed by atoms with van der Waals surface area (Å²) in [6.45, 7) is 13.4. The molecule has 2 aromatic rings. The maximum Gasteiger partial charge on any atom is 0.305 e. The molecule has 1 atom stereocenters. The summed E-state index contributed by atoms with van der Waals surface area (Å²) in [5, 5.41) is 12.8. The van der Waals surface area contributed by atoms with Crippen molar-refractivity contribution < 1.29 is 76.5 Å². The van der Waals surface area contributed by atoms with Crippen molar-refractivity contribution in [3.05, 3.63) is 47.6 Å². The highest BCUT2D eigenvalue weighted by Gasteiger charge is 2.35. The molecule has 3 heterocycles. The number of carbonyl (C=O) groups excluding carboxylic acids is 3. The lowest BCUT2D eigenvalue weighted by atomic mass is 10.0. The molecule has 23 nitrogen and oxygen atoms in total. The molecule has 4 rings (SSSR count). The van der Waals surface area contributed by atoms with Crippen LogP contribution in [0.15, 0.2) is 41.2 Å². The zero-order chi connectivity index (χ0) is 51.4. The van der Waals surface area contributed by atoms with E-state index in [1.54, 1.807) is 18.5 Å². The molecule has 4 N–H and O–H groups in total. The SMILES string of the molecule is CCCN(OCC)C(=O)C1=Cc2ccc(-c3cnc(C(=O)N4CCC[C@H]4C(=O)NCCOCCOCCOCCOCCOCCOCCOCCOCCOCCOCCC(=O)O)nc3)cc2N=C(N)C1. The number of rotatable bonds is 41. The zero-order valence-electron chi connectivity index (χ0n) is 41.9. The van der Waals surface area contributed by atoms with Crippen LogP contribution >= 0.6 is 0 Å². The highest BCUT2D eigenvalue weighted by molar-refractivity contribution is 6.05. The van der Waals surface area contributed by atoms with Gasteiger partial charge < -0.3 is 68.4 Å². The van der Waals surface area contributed by atoms with Gasteiger partial charge in [0.15, 0.2) is 0 Å². The number of aliphatic carboxylic acids is 1. The van der Waals surface area contributed by atoms with Crippen molar-refractivity contribution in [3.63, 3.8) is 0 Å². The summed E-state index contributed by atoms with van der Waals surface area (Å²) >= 11 is 0. The number of benzene rings is 1. The minimum Gasteiger partial charge on any atom is -0.481 e. The summed E-state index contributed by atoms with van der Waals surface area (Å²) in [4.78, 5) is 70.6. The molecule has 1 aromatic carbocycles. The van der Waals surface area contributed by atoms with Gasteiger partial charge in [0, 0.05) is 55.1 Å². The van der Waals surface area contributed by atoms with Gasteiger partial charge in [-0.3, -0.25) is 24.0 Å². The third-order valence-electron chi connectivity index (χ3n) is 10.6. The summed E-state index contributed by atoms with van der Waals surface area (Å²) in [5.74, 6) is -1.52. The molecule has 402 valence electrons. The number of nitrogens with one attached hydrogen (secondary N) is 1. The fourth-order valence-electron chi connectivity index (χ4n) is 7.05. The number of hydrogen-bond acceptors (Lipinski definition) is 19. The van der Waals surface area contributed by atoms with Gasteiger partial charge in [0.05, 0.1) is 151 Å². The van der Waals surface area contributed by atoms with Crippen molar-refractivity contribution in [2.24, 2.45) is 10.7 Å². The standard InChI is InChI=1S/C49H75N7O16/c1-3-11-56(72-4-2)48(60)40-33-39-8-7-38(34-42(39)54-44(50)35-40)41-36-52-46(53-37-41)49(61)55-12-5-6-43(55)47(59)51-10-14-63-16-18-65-20-22-67-24-26-69-28-30-71-32-31-70-29-27-68-25-23-66-21-19-64-17-15-62-13-9-45(57)58/h7-8,33-34,36-37,43H,3-6,9-32,35H2,1-2H3,(H2,50,54)(H,51,59)(H,57,58)/t43-/m0/s1. The Balaban J connectivity index is 0.950. The fraction of sp³-hybridized carbons (Fsp3) is 0.653. The molecular weight excluding hydrogens is 943 g/mol. The van der Waals surface area contributed by atoms with Crippen LogP contribution in [-0.2, 0) is 66.6 Å². The zero-order valence-corrected chi connectivity index (χ0v) is 41.9. The van der Waals surface area contributed by atoms with E-state index in [0.29, 0.717) is 174 Å². The van der Waals surface area contributed by atoms with Crippen molar-refractivity contribution in [1.82, 2.24) is 25.2 Å². The molecule has 2 aliphatic heterocycles. The normalized spacial score (nSPS) is 14.4. The van der Waals surface area contributed by atoms with Crippen LogP contribution in [0.25, 0.3) is 17.2 Å². The summed E-state index contributed by atoms with van der Waals surface area (Å²) in [5.41, 5.74) is 9.46. The lowest BCUT2D eigenvalue weighted by Gasteiger charge is -2.23.